The zero-order valence-corrected chi connectivity index (χ0v) is 19.4. The van der Waals surface area contributed by atoms with Gasteiger partial charge in [0, 0.05) is 18.0 Å². The lowest BCUT2D eigenvalue weighted by Crippen LogP contribution is -2.27. The van der Waals surface area contributed by atoms with Gasteiger partial charge in [-0.05, 0) is 65.9 Å². The molecule has 1 aliphatic rings. The fourth-order valence-corrected chi connectivity index (χ4v) is 5.03. The average Bonchev–Trinajstić information content (AvgIpc) is 2.88. The zero-order valence-electron chi connectivity index (χ0n) is 19.4. The van der Waals surface area contributed by atoms with Gasteiger partial charge in [0.1, 0.15) is 11.6 Å². The Hall–Kier alpha value is -3.70. The molecule has 5 rings (SSSR count). The van der Waals surface area contributed by atoms with Gasteiger partial charge < -0.3 is 15.2 Å². The topological polar surface area (TPSA) is 58.6 Å². The summed E-state index contributed by atoms with van der Waals surface area (Å²) in [6.07, 6.45) is 2.56. The van der Waals surface area contributed by atoms with Crippen molar-refractivity contribution < 1.29 is 19.0 Å². The minimum Gasteiger partial charge on any atom is -0.490 e. The fraction of sp³-hybridized carbons (Fsp3) is 0.233. The van der Waals surface area contributed by atoms with Crippen LogP contribution in [0.2, 0.25) is 0 Å². The van der Waals surface area contributed by atoms with Gasteiger partial charge in [0.15, 0.2) is 0 Å². The first-order valence-corrected chi connectivity index (χ1v) is 12.1. The Kier molecular flexibility index (Phi) is 6.77. The quantitative estimate of drug-likeness (QED) is 0.288. The maximum absolute atomic E-state index is 14.0. The fourth-order valence-electron chi connectivity index (χ4n) is 5.03. The molecule has 2 N–H and O–H groups in total. The molecule has 0 amide bonds. The normalized spacial score (nSPS) is 17.1. The number of fused-ring (bicyclic) bond motifs is 2. The minimum absolute atomic E-state index is 0.00702. The van der Waals surface area contributed by atoms with Crippen LogP contribution in [0.1, 0.15) is 52.2 Å². The Balaban J connectivity index is 1.23. The van der Waals surface area contributed by atoms with Crippen LogP contribution < -0.4 is 10.1 Å². The number of para-hydroxylation sites is 1. The van der Waals surface area contributed by atoms with Crippen LogP contribution >= 0.6 is 0 Å². The Morgan fingerprint density at radius 3 is 2.69 bits per heavy atom. The first-order valence-electron chi connectivity index (χ1n) is 12.1. The van der Waals surface area contributed by atoms with Crippen molar-refractivity contribution in [2.24, 2.45) is 0 Å². The van der Waals surface area contributed by atoms with Crippen LogP contribution in [0.25, 0.3) is 10.8 Å². The van der Waals surface area contributed by atoms with E-state index in [9.17, 15) is 14.3 Å². The van der Waals surface area contributed by atoms with Gasteiger partial charge in [-0.2, -0.15) is 0 Å². The second kappa shape index (κ2) is 10.3. The van der Waals surface area contributed by atoms with Crippen molar-refractivity contribution in [3.05, 3.63) is 113 Å². The van der Waals surface area contributed by atoms with Crippen LogP contribution in [-0.4, -0.2) is 23.7 Å². The van der Waals surface area contributed by atoms with E-state index in [4.69, 9.17) is 4.74 Å². The molecule has 1 aliphatic heterocycles. The highest BCUT2D eigenvalue weighted by atomic mass is 19.1. The van der Waals surface area contributed by atoms with E-state index < -0.39 is 11.8 Å². The van der Waals surface area contributed by atoms with Crippen LogP contribution in [-0.2, 0) is 6.54 Å². The van der Waals surface area contributed by atoms with Gasteiger partial charge in [-0.1, -0.05) is 66.7 Å². The van der Waals surface area contributed by atoms with Crippen molar-refractivity contribution in [3.8, 4) is 5.75 Å². The number of carboxylic acids is 1. The summed E-state index contributed by atoms with van der Waals surface area (Å²) in [4.78, 5) is 11.5. The number of aromatic carboxylic acids is 1. The number of hydrogen-bond donors (Lipinski definition) is 2. The van der Waals surface area contributed by atoms with E-state index in [1.165, 1.54) is 28.5 Å². The van der Waals surface area contributed by atoms with E-state index >= 15 is 0 Å². The third kappa shape index (κ3) is 5.05. The second-order valence-electron chi connectivity index (χ2n) is 9.07. The molecule has 4 nitrogen and oxygen atoms in total. The summed E-state index contributed by atoms with van der Waals surface area (Å²) in [5, 5.41) is 15.5. The van der Waals surface area contributed by atoms with Crippen LogP contribution in [0.15, 0.2) is 84.9 Å². The predicted molar refractivity (Wildman–Crippen MR) is 136 cm³/mol. The summed E-state index contributed by atoms with van der Waals surface area (Å²) < 4.78 is 20.3. The number of nitrogens with one attached hydrogen (secondary N) is 1. The molecule has 2 unspecified atom stereocenters. The summed E-state index contributed by atoms with van der Waals surface area (Å²) >= 11 is 0. The Bertz CT molecular complexity index is 1350. The molecular weight excluding hydrogens is 441 g/mol. The molecule has 0 saturated carbocycles. The lowest BCUT2D eigenvalue weighted by Gasteiger charge is -2.33. The first-order chi connectivity index (χ1) is 17.1. The van der Waals surface area contributed by atoms with Gasteiger partial charge in [0.05, 0.1) is 11.7 Å². The van der Waals surface area contributed by atoms with Crippen LogP contribution in [0.3, 0.4) is 0 Å². The van der Waals surface area contributed by atoms with Gasteiger partial charge in [0.2, 0.25) is 0 Å². The highest BCUT2D eigenvalue weighted by molar-refractivity contribution is 5.88. The lowest BCUT2D eigenvalue weighted by atomic mass is 9.82. The van der Waals surface area contributed by atoms with Gasteiger partial charge in [-0.15, -0.1) is 0 Å². The maximum Gasteiger partial charge on any atom is 0.338 e. The summed E-state index contributed by atoms with van der Waals surface area (Å²) in [6.45, 7) is 1.68. The van der Waals surface area contributed by atoms with Crippen molar-refractivity contribution in [2.45, 2.75) is 37.8 Å². The number of hydrogen-bond acceptors (Lipinski definition) is 3. The van der Waals surface area contributed by atoms with Gasteiger partial charge in [0.25, 0.3) is 0 Å². The zero-order chi connectivity index (χ0) is 24.2. The van der Waals surface area contributed by atoms with Gasteiger partial charge in [-0.3, -0.25) is 0 Å². The molecule has 0 spiro atoms. The number of ether oxygens (including phenoxy) is 1. The van der Waals surface area contributed by atoms with E-state index in [2.05, 4.69) is 47.8 Å². The number of rotatable bonds is 8. The van der Waals surface area contributed by atoms with E-state index in [1.54, 1.807) is 6.07 Å². The van der Waals surface area contributed by atoms with Crippen molar-refractivity contribution in [1.82, 2.24) is 5.32 Å². The van der Waals surface area contributed by atoms with E-state index in [0.717, 1.165) is 49.2 Å². The van der Waals surface area contributed by atoms with E-state index in [1.807, 2.05) is 24.3 Å². The number of carboxylic acid groups (broad SMARTS) is 1. The molecule has 1 heterocycles. The predicted octanol–water partition coefficient (Wildman–Crippen LogP) is 6.53. The van der Waals surface area contributed by atoms with Crippen molar-refractivity contribution in [1.29, 1.82) is 0 Å². The molecular formula is C30H28FNO3. The van der Waals surface area contributed by atoms with Crippen LogP contribution in [0, 0.1) is 5.82 Å². The standard InChI is InChI=1S/C30H28FNO3/c31-28-15-14-21(17-27(28)30(33)34)26-18-23(35-29-13-4-3-12-25(26)29)10-6-16-32-19-22-9-5-8-20-7-1-2-11-24(20)22/h1-5,7-9,11-15,17,23,26,32H,6,10,16,18-19H2,(H,33,34). The van der Waals surface area contributed by atoms with Crippen molar-refractivity contribution in [3.63, 3.8) is 0 Å². The third-order valence-electron chi connectivity index (χ3n) is 6.78. The average molecular weight is 470 g/mol. The number of benzene rings is 4. The molecule has 5 heteroatoms. The molecule has 0 fully saturated rings. The third-order valence-corrected chi connectivity index (χ3v) is 6.78. The largest absolute Gasteiger partial charge is 0.490 e. The molecule has 2 atom stereocenters. The van der Waals surface area contributed by atoms with Crippen LogP contribution in [0.4, 0.5) is 4.39 Å². The monoisotopic (exact) mass is 469 g/mol. The summed E-state index contributed by atoms with van der Waals surface area (Å²) in [6, 6.07) is 27.1. The Morgan fingerprint density at radius 2 is 1.80 bits per heavy atom. The second-order valence-corrected chi connectivity index (χ2v) is 9.07. The highest BCUT2D eigenvalue weighted by Gasteiger charge is 2.29. The highest BCUT2D eigenvalue weighted by Crippen LogP contribution is 2.41. The van der Waals surface area contributed by atoms with Gasteiger partial charge >= 0.3 is 5.97 Å². The van der Waals surface area contributed by atoms with Crippen molar-refractivity contribution >= 4 is 16.7 Å². The minimum atomic E-state index is -1.25. The van der Waals surface area contributed by atoms with E-state index in [-0.39, 0.29) is 17.6 Å². The van der Waals surface area contributed by atoms with Crippen molar-refractivity contribution in [2.75, 3.05) is 6.54 Å². The molecule has 4 aromatic carbocycles. The van der Waals surface area contributed by atoms with E-state index in [0.29, 0.717) is 0 Å². The maximum atomic E-state index is 14.0. The molecule has 178 valence electrons. The Labute approximate surface area is 204 Å². The summed E-state index contributed by atoms with van der Waals surface area (Å²) in [5.41, 5.74) is 2.82. The number of carbonyl (C=O) groups is 1. The smallest absolute Gasteiger partial charge is 0.338 e. The molecule has 0 aromatic heterocycles. The molecule has 4 aromatic rings. The van der Waals surface area contributed by atoms with Crippen LogP contribution in [0.5, 0.6) is 5.75 Å². The molecule has 0 aliphatic carbocycles. The SMILES string of the molecule is O=C(O)c1cc(C2CC(CCCNCc3cccc4ccccc34)Oc3ccccc32)ccc1F. The first kappa shape index (κ1) is 23.1. The molecule has 35 heavy (non-hydrogen) atoms. The summed E-state index contributed by atoms with van der Waals surface area (Å²) in [5.74, 6) is -1.18. The molecule has 0 bridgehead atoms. The summed E-state index contributed by atoms with van der Waals surface area (Å²) in [7, 11) is 0. The van der Waals surface area contributed by atoms with Gasteiger partial charge in [-0.25, -0.2) is 9.18 Å². The lowest BCUT2D eigenvalue weighted by molar-refractivity contribution is 0.0691. The Morgan fingerprint density at radius 1 is 1.00 bits per heavy atom. The molecule has 0 radical (unpaired) electrons. The molecule has 0 saturated heterocycles. The number of halogens is 1.